The average molecular weight is 542 g/mol. The van der Waals surface area contributed by atoms with Crippen molar-refractivity contribution in [1.82, 2.24) is 4.90 Å². The first-order valence-electron chi connectivity index (χ1n) is 16.1. The zero-order chi connectivity index (χ0) is 28.3. The molecular weight excluding hydrogens is 478 g/mol. The van der Waals surface area contributed by atoms with Gasteiger partial charge in [-0.25, -0.2) is 4.79 Å². The average Bonchev–Trinajstić information content (AvgIpc) is 2.90. The summed E-state index contributed by atoms with van der Waals surface area (Å²) in [5.41, 5.74) is 0. The predicted molar refractivity (Wildman–Crippen MR) is 159 cm³/mol. The van der Waals surface area contributed by atoms with Crippen LogP contribution in [-0.2, 0) is 19.0 Å². The van der Waals surface area contributed by atoms with Crippen molar-refractivity contribution in [1.29, 1.82) is 0 Å². The fraction of sp³-hybridized carbons (Fsp3) is 0.938. The predicted octanol–water partition coefficient (Wildman–Crippen LogP) is 9.09. The number of rotatable bonds is 27. The maximum absolute atomic E-state index is 12.3. The lowest BCUT2D eigenvalue weighted by atomic mass is 10.0. The normalized spacial score (nSPS) is 12.2. The molecule has 0 bridgehead atoms. The van der Waals surface area contributed by atoms with Crippen molar-refractivity contribution in [3.8, 4) is 0 Å². The molecule has 1 atom stereocenters. The van der Waals surface area contributed by atoms with Gasteiger partial charge in [0.2, 0.25) is 0 Å². The lowest BCUT2D eigenvalue weighted by molar-refractivity contribution is -0.144. The van der Waals surface area contributed by atoms with Gasteiger partial charge < -0.3 is 19.1 Å². The molecule has 0 aliphatic carbocycles. The molecule has 0 heterocycles. The number of carbonyl (C=O) groups excluding carboxylic acids is 2. The van der Waals surface area contributed by atoms with Gasteiger partial charge in [-0.05, 0) is 57.5 Å². The van der Waals surface area contributed by atoms with Crippen LogP contribution in [0, 0.1) is 5.92 Å². The first kappa shape index (κ1) is 36.7. The summed E-state index contributed by atoms with van der Waals surface area (Å²) < 4.78 is 16.5. The van der Waals surface area contributed by atoms with Gasteiger partial charge in [0.1, 0.15) is 6.10 Å². The minimum Gasteiger partial charge on any atom is -0.466 e. The van der Waals surface area contributed by atoms with Crippen LogP contribution in [0.15, 0.2) is 0 Å². The van der Waals surface area contributed by atoms with Crippen LogP contribution in [0.4, 0.5) is 4.79 Å². The van der Waals surface area contributed by atoms with Crippen molar-refractivity contribution in [3.05, 3.63) is 0 Å². The van der Waals surface area contributed by atoms with Crippen LogP contribution in [0.5, 0.6) is 0 Å². The molecule has 0 fully saturated rings. The Kier molecular flexibility index (Phi) is 26.3. The van der Waals surface area contributed by atoms with Crippen LogP contribution in [0.1, 0.15) is 150 Å². The van der Waals surface area contributed by atoms with E-state index in [-0.39, 0.29) is 12.1 Å². The molecule has 0 aromatic carbocycles. The number of hydrogen-bond donors (Lipinski definition) is 0. The lowest BCUT2D eigenvalue weighted by Crippen LogP contribution is -2.26. The monoisotopic (exact) mass is 541 g/mol. The Bertz CT molecular complexity index is 536. The number of esters is 1. The van der Waals surface area contributed by atoms with E-state index in [1.165, 1.54) is 57.8 Å². The largest absolute Gasteiger partial charge is 0.508 e. The third-order valence-corrected chi connectivity index (χ3v) is 7.22. The molecule has 0 N–H and O–H groups in total. The fourth-order valence-corrected chi connectivity index (χ4v) is 4.67. The molecule has 0 saturated carbocycles. The fourth-order valence-electron chi connectivity index (χ4n) is 4.67. The maximum Gasteiger partial charge on any atom is 0.508 e. The van der Waals surface area contributed by atoms with Crippen molar-refractivity contribution in [3.63, 3.8) is 0 Å². The minimum atomic E-state index is -0.566. The van der Waals surface area contributed by atoms with E-state index in [2.05, 4.69) is 39.5 Å². The summed E-state index contributed by atoms with van der Waals surface area (Å²) >= 11 is 0. The minimum absolute atomic E-state index is 0.117. The summed E-state index contributed by atoms with van der Waals surface area (Å²) in [5.74, 6) is 0.557. The van der Waals surface area contributed by atoms with Crippen molar-refractivity contribution in [2.45, 2.75) is 156 Å². The quantitative estimate of drug-likeness (QED) is 0.0763. The number of unbranched alkanes of at least 4 members (excludes halogenated alkanes) is 10. The van der Waals surface area contributed by atoms with E-state index in [9.17, 15) is 9.59 Å². The zero-order valence-corrected chi connectivity index (χ0v) is 25.9. The Morgan fingerprint density at radius 3 is 1.79 bits per heavy atom. The third-order valence-electron chi connectivity index (χ3n) is 7.22. The lowest BCUT2D eigenvalue weighted by Gasteiger charge is -2.19. The van der Waals surface area contributed by atoms with Crippen LogP contribution >= 0.6 is 0 Å². The van der Waals surface area contributed by atoms with Crippen LogP contribution in [0.3, 0.4) is 0 Å². The van der Waals surface area contributed by atoms with Gasteiger partial charge in [0, 0.05) is 13.0 Å². The Morgan fingerprint density at radius 1 is 0.632 bits per heavy atom. The van der Waals surface area contributed by atoms with Crippen molar-refractivity contribution < 1.29 is 23.8 Å². The summed E-state index contributed by atoms with van der Waals surface area (Å²) in [6, 6.07) is 0. The number of ether oxygens (including phenoxy) is 3. The topological polar surface area (TPSA) is 65.1 Å². The number of hydrogen-bond acceptors (Lipinski definition) is 6. The Hall–Kier alpha value is -1.30. The number of carbonyl (C=O) groups is 2. The number of nitrogens with zero attached hydrogens (tertiary/aromatic N) is 1. The Morgan fingerprint density at radius 2 is 1.18 bits per heavy atom. The molecular formula is C32H63NO5. The Labute approximate surface area is 235 Å². The van der Waals surface area contributed by atoms with Gasteiger partial charge in [-0.1, -0.05) is 105 Å². The SMILES string of the molecule is CCCCCCCCCCCCC(CCCOC(=O)CCCCC(C)C)OC(=O)OCCCN(CC)CC. The Balaban J connectivity index is 4.26. The summed E-state index contributed by atoms with van der Waals surface area (Å²) in [7, 11) is 0. The highest BCUT2D eigenvalue weighted by Crippen LogP contribution is 2.16. The van der Waals surface area contributed by atoms with Crippen molar-refractivity contribution in [2.75, 3.05) is 32.8 Å². The van der Waals surface area contributed by atoms with Crippen LogP contribution < -0.4 is 0 Å². The molecule has 0 rings (SSSR count). The van der Waals surface area contributed by atoms with Crippen LogP contribution in [-0.4, -0.2) is 56.0 Å². The summed E-state index contributed by atoms with van der Waals surface area (Å²) in [6.07, 6.45) is 18.7. The highest BCUT2D eigenvalue weighted by atomic mass is 16.7. The molecule has 0 spiro atoms. The molecule has 226 valence electrons. The molecule has 0 aliphatic rings. The second-order valence-electron chi connectivity index (χ2n) is 11.2. The van der Waals surface area contributed by atoms with E-state index in [4.69, 9.17) is 14.2 Å². The van der Waals surface area contributed by atoms with Crippen molar-refractivity contribution >= 4 is 12.1 Å². The van der Waals surface area contributed by atoms with Crippen LogP contribution in [0.2, 0.25) is 0 Å². The molecule has 0 aliphatic heterocycles. The van der Waals surface area contributed by atoms with E-state index < -0.39 is 6.16 Å². The van der Waals surface area contributed by atoms with Crippen LogP contribution in [0.25, 0.3) is 0 Å². The molecule has 0 amide bonds. The molecule has 0 aromatic rings. The molecule has 6 heteroatoms. The van der Waals surface area contributed by atoms with Gasteiger partial charge in [-0.15, -0.1) is 0 Å². The second-order valence-corrected chi connectivity index (χ2v) is 11.2. The summed E-state index contributed by atoms with van der Waals surface area (Å²) in [4.78, 5) is 26.6. The van der Waals surface area contributed by atoms with E-state index in [0.717, 1.165) is 58.2 Å². The molecule has 38 heavy (non-hydrogen) atoms. The van der Waals surface area contributed by atoms with Gasteiger partial charge in [0.15, 0.2) is 0 Å². The second kappa shape index (κ2) is 27.3. The van der Waals surface area contributed by atoms with Gasteiger partial charge in [0.05, 0.1) is 13.2 Å². The molecule has 0 aromatic heterocycles. The molecule has 0 radical (unpaired) electrons. The molecule has 6 nitrogen and oxygen atoms in total. The summed E-state index contributed by atoms with van der Waals surface area (Å²) in [6.45, 7) is 14.6. The highest BCUT2D eigenvalue weighted by Gasteiger charge is 2.16. The smallest absolute Gasteiger partial charge is 0.466 e. The molecule has 0 saturated heterocycles. The van der Waals surface area contributed by atoms with Crippen molar-refractivity contribution in [2.24, 2.45) is 5.92 Å². The first-order valence-corrected chi connectivity index (χ1v) is 16.1. The van der Waals surface area contributed by atoms with Gasteiger partial charge in [-0.2, -0.15) is 0 Å². The van der Waals surface area contributed by atoms with Gasteiger partial charge in [-0.3, -0.25) is 4.79 Å². The summed E-state index contributed by atoms with van der Waals surface area (Å²) in [5, 5.41) is 0. The van der Waals surface area contributed by atoms with E-state index in [0.29, 0.717) is 38.4 Å². The zero-order valence-electron chi connectivity index (χ0n) is 25.9. The maximum atomic E-state index is 12.3. The van der Waals surface area contributed by atoms with Gasteiger partial charge in [0.25, 0.3) is 0 Å². The van der Waals surface area contributed by atoms with E-state index in [1.807, 2.05) is 0 Å². The van der Waals surface area contributed by atoms with Gasteiger partial charge >= 0.3 is 12.1 Å². The standard InChI is InChI=1S/C32H63NO5/c1-6-9-10-11-12-13-14-15-16-17-23-30(38-32(35)37-28-21-26-33(7-2)8-3)24-20-27-36-31(34)25-19-18-22-29(4)5/h29-30H,6-28H2,1-5H3. The highest BCUT2D eigenvalue weighted by molar-refractivity contribution is 5.69. The van der Waals surface area contributed by atoms with E-state index in [1.54, 1.807) is 0 Å². The first-order chi connectivity index (χ1) is 18.4. The molecule has 1 unspecified atom stereocenters. The third kappa shape index (κ3) is 25.0. The van der Waals surface area contributed by atoms with E-state index >= 15 is 0 Å².